The van der Waals surface area contributed by atoms with Crippen molar-refractivity contribution in [3.8, 4) is 5.75 Å². The van der Waals surface area contributed by atoms with Crippen molar-refractivity contribution in [2.24, 2.45) is 0 Å². The van der Waals surface area contributed by atoms with Gasteiger partial charge in [0.1, 0.15) is 12.4 Å². The van der Waals surface area contributed by atoms with Crippen LogP contribution in [-0.2, 0) is 0 Å². The molecule has 0 aromatic heterocycles. The summed E-state index contributed by atoms with van der Waals surface area (Å²) < 4.78 is 6.66. The molecule has 0 heterocycles. The number of halogens is 1. The Morgan fingerprint density at radius 1 is 1.54 bits per heavy atom. The van der Waals surface area contributed by atoms with E-state index in [1.54, 1.807) is 0 Å². The quantitative estimate of drug-likeness (QED) is 0.511. The minimum atomic E-state index is 0.545. The summed E-state index contributed by atoms with van der Waals surface area (Å²) in [5.74, 6) is 1.55. The van der Waals surface area contributed by atoms with Crippen LogP contribution >= 0.6 is 35.2 Å². The lowest BCUT2D eigenvalue weighted by Gasteiger charge is -2.06. The Hall–Kier alpha value is -0.160. The lowest BCUT2D eigenvalue weighted by Crippen LogP contribution is -2.01. The predicted octanol–water partition coefficient (Wildman–Crippen LogP) is 3.16. The zero-order chi connectivity index (χ0) is 9.68. The van der Waals surface area contributed by atoms with E-state index in [2.05, 4.69) is 41.8 Å². The van der Waals surface area contributed by atoms with Gasteiger partial charge in [-0.05, 0) is 46.4 Å². The standard InChI is InChI=1S/C10H11IOS/c1-8(7-13)6-12-10-4-2-3-9(11)5-10/h2-5,13H,1,6-7H2. The molecule has 13 heavy (non-hydrogen) atoms. The fourth-order valence-corrected chi connectivity index (χ4v) is 1.39. The summed E-state index contributed by atoms with van der Waals surface area (Å²) in [6.07, 6.45) is 0. The lowest BCUT2D eigenvalue weighted by molar-refractivity contribution is 0.353. The highest BCUT2D eigenvalue weighted by Crippen LogP contribution is 2.15. The van der Waals surface area contributed by atoms with Crippen molar-refractivity contribution in [2.45, 2.75) is 0 Å². The van der Waals surface area contributed by atoms with Crippen molar-refractivity contribution in [3.63, 3.8) is 0 Å². The van der Waals surface area contributed by atoms with Crippen LogP contribution in [0.3, 0.4) is 0 Å². The molecule has 0 amide bonds. The normalized spacial score (nSPS) is 9.69. The van der Waals surface area contributed by atoms with E-state index in [0.717, 1.165) is 11.3 Å². The van der Waals surface area contributed by atoms with Gasteiger partial charge < -0.3 is 4.74 Å². The second kappa shape index (κ2) is 5.54. The van der Waals surface area contributed by atoms with Crippen LogP contribution in [0.2, 0.25) is 0 Å². The van der Waals surface area contributed by atoms with Gasteiger partial charge in [0, 0.05) is 9.32 Å². The number of ether oxygens (including phenoxy) is 1. The first-order valence-electron chi connectivity index (χ1n) is 3.88. The zero-order valence-corrected chi connectivity index (χ0v) is 10.2. The summed E-state index contributed by atoms with van der Waals surface area (Å²) in [5.41, 5.74) is 0.988. The Kier molecular flexibility index (Phi) is 4.66. The van der Waals surface area contributed by atoms with E-state index in [0.29, 0.717) is 12.4 Å². The van der Waals surface area contributed by atoms with E-state index in [4.69, 9.17) is 4.74 Å². The van der Waals surface area contributed by atoms with Gasteiger partial charge in [-0.15, -0.1) is 0 Å². The Morgan fingerprint density at radius 2 is 2.31 bits per heavy atom. The molecule has 0 fully saturated rings. The molecule has 0 aliphatic heterocycles. The van der Waals surface area contributed by atoms with Crippen LogP contribution in [0.5, 0.6) is 5.75 Å². The summed E-state index contributed by atoms with van der Waals surface area (Å²) >= 11 is 6.36. The molecule has 0 saturated heterocycles. The summed E-state index contributed by atoms with van der Waals surface area (Å²) in [4.78, 5) is 0. The molecular weight excluding hydrogens is 295 g/mol. The summed E-state index contributed by atoms with van der Waals surface area (Å²) in [7, 11) is 0. The molecule has 0 atom stereocenters. The maximum Gasteiger partial charge on any atom is 0.120 e. The first-order chi connectivity index (χ1) is 6.22. The smallest absolute Gasteiger partial charge is 0.120 e. The number of hydrogen-bond donors (Lipinski definition) is 1. The van der Waals surface area contributed by atoms with Crippen molar-refractivity contribution in [1.82, 2.24) is 0 Å². The zero-order valence-electron chi connectivity index (χ0n) is 7.16. The average molecular weight is 306 g/mol. The number of thiol groups is 1. The largest absolute Gasteiger partial charge is 0.489 e. The molecule has 1 nitrogen and oxygen atoms in total. The predicted molar refractivity (Wildman–Crippen MR) is 67.6 cm³/mol. The van der Waals surface area contributed by atoms with E-state index < -0.39 is 0 Å². The SMILES string of the molecule is C=C(CS)COc1cccc(I)c1. The van der Waals surface area contributed by atoms with Gasteiger partial charge in [0.05, 0.1) is 0 Å². The van der Waals surface area contributed by atoms with E-state index in [9.17, 15) is 0 Å². The third-order valence-electron chi connectivity index (χ3n) is 1.46. The highest BCUT2D eigenvalue weighted by Gasteiger charge is 1.95. The van der Waals surface area contributed by atoms with E-state index >= 15 is 0 Å². The van der Waals surface area contributed by atoms with Crippen LogP contribution in [0.1, 0.15) is 0 Å². The first-order valence-corrected chi connectivity index (χ1v) is 5.59. The van der Waals surface area contributed by atoms with Gasteiger partial charge in [-0.1, -0.05) is 12.6 Å². The topological polar surface area (TPSA) is 9.23 Å². The van der Waals surface area contributed by atoms with Gasteiger partial charge in [0.2, 0.25) is 0 Å². The van der Waals surface area contributed by atoms with Crippen molar-refractivity contribution >= 4 is 35.2 Å². The molecule has 0 bridgehead atoms. The van der Waals surface area contributed by atoms with Gasteiger partial charge >= 0.3 is 0 Å². The lowest BCUT2D eigenvalue weighted by atomic mass is 10.3. The second-order valence-corrected chi connectivity index (χ2v) is 4.22. The molecule has 0 aliphatic carbocycles. The van der Waals surface area contributed by atoms with Crippen molar-refractivity contribution < 1.29 is 4.74 Å². The second-order valence-electron chi connectivity index (χ2n) is 2.65. The van der Waals surface area contributed by atoms with Crippen LogP contribution < -0.4 is 4.74 Å². The Labute approximate surface area is 97.7 Å². The third-order valence-corrected chi connectivity index (χ3v) is 2.58. The fourth-order valence-electron chi connectivity index (χ4n) is 0.788. The van der Waals surface area contributed by atoms with Crippen molar-refractivity contribution in [1.29, 1.82) is 0 Å². The summed E-state index contributed by atoms with van der Waals surface area (Å²) in [6, 6.07) is 7.93. The Morgan fingerprint density at radius 3 is 2.92 bits per heavy atom. The summed E-state index contributed by atoms with van der Waals surface area (Å²) in [6.45, 7) is 4.35. The summed E-state index contributed by atoms with van der Waals surface area (Å²) in [5, 5.41) is 0. The highest BCUT2D eigenvalue weighted by atomic mass is 127. The van der Waals surface area contributed by atoms with Gasteiger partial charge in [-0.3, -0.25) is 0 Å². The van der Waals surface area contributed by atoms with Gasteiger partial charge in [0.15, 0.2) is 0 Å². The minimum absolute atomic E-state index is 0.545. The third kappa shape index (κ3) is 4.04. The molecule has 3 heteroatoms. The van der Waals surface area contributed by atoms with Gasteiger partial charge in [-0.2, -0.15) is 12.6 Å². The average Bonchev–Trinajstić information content (AvgIpc) is 2.14. The molecule has 1 aromatic rings. The monoisotopic (exact) mass is 306 g/mol. The van der Waals surface area contributed by atoms with Crippen LogP contribution in [0.15, 0.2) is 36.4 Å². The molecule has 70 valence electrons. The molecule has 0 spiro atoms. The van der Waals surface area contributed by atoms with E-state index in [1.165, 1.54) is 3.57 Å². The Bertz CT molecular complexity index is 299. The minimum Gasteiger partial charge on any atom is -0.489 e. The van der Waals surface area contributed by atoms with E-state index in [1.807, 2.05) is 24.3 Å². The first kappa shape index (κ1) is 10.9. The molecule has 0 saturated carbocycles. The van der Waals surface area contributed by atoms with Crippen LogP contribution in [0.25, 0.3) is 0 Å². The molecule has 1 aromatic carbocycles. The van der Waals surface area contributed by atoms with Gasteiger partial charge in [-0.25, -0.2) is 0 Å². The highest BCUT2D eigenvalue weighted by molar-refractivity contribution is 14.1. The van der Waals surface area contributed by atoms with Crippen LogP contribution in [0, 0.1) is 3.57 Å². The van der Waals surface area contributed by atoms with E-state index in [-0.39, 0.29) is 0 Å². The van der Waals surface area contributed by atoms with Crippen LogP contribution in [0.4, 0.5) is 0 Å². The molecule has 0 unspecified atom stereocenters. The number of hydrogen-bond acceptors (Lipinski definition) is 2. The van der Waals surface area contributed by atoms with Crippen molar-refractivity contribution in [3.05, 3.63) is 40.0 Å². The van der Waals surface area contributed by atoms with Crippen molar-refractivity contribution in [2.75, 3.05) is 12.4 Å². The Balaban J connectivity index is 2.50. The number of rotatable bonds is 4. The van der Waals surface area contributed by atoms with Crippen LogP contribution in [-0.4, -0.2) is 12.4 Å². The van der Waals surface area contributed by atoms with Gasteiger partial charge in [0.25, 0.3) is 0 Å². The maximum absolute atomic E-state index is 5.49. The fraction of sp³-hybridized carbons (Fsp3) is 0.200. The molecule has 0 N–H and O–H groups in total. The molecule has 1 rings (SSSR count). The number of benzene rings is 1. The molecule has 0 aliphatic rings. The maximum atomic E-state index is 5.49. The molecular formula is C10H11IOS. The molecule has 0 radical (unpaired) electrons.